The van der Waals surface area contributed by atoms with Crippen LogP contribution in [0.25, 0.3) is 10.8 Å². The number of aliphatic imine (C=N–C) groups is 1. The van der Waals surface area contributed by atoms with Gasteiger partial charge < -0.3 is 31.6 Å². The number of hydrogen-bond acceptors (Lipinski definition) is 5. The number of carbonyl (C=O) groups excluding carboxylic acids is 1. The molecular formula is C25H25F4N5O6. The molecule has 0 spiro atoms. The molecule has 1 aromatic heterocycles. The van der Waals surface area contributed by atoms with Gasteiger partial charge in [-0.2, -0.15) is 13.2 Å². The van der Waals surface area contributed by atoms with Crippen LogP contribution in [0, 0.1) is 5.82 Å². The molecular weight excluding hydrogens is 542 g/mol. The summed E-state index contributed by atoms with van der Waals surface area (Å²) >= 11 is 0. The summed E-state index contributed by atoms with van der Waals surface area (Å²) in [6, 6.07) is 11.5. The van der Waals surface area contributed by atoms with Crippen molar-refractivity contribution in [3.63, 3.8) is 0 Å². The Labute approximate surface area is 223 Å². The number of hydrogen-bond donors (Lipinski definition) is 5. The Kier molecular flexibility index (Phi) is 10.7. The van der Waals surface area contributed by atoms with E-state index >= 15 is 0 Å². The van der Waals surface area contributed by atoms with E-state index in [0.717, 1.165) is 16.3 Å². The first kappa shape index (κ1) is 31.3. The van der Waals surface area contributed by atoms with Crippen molar-refractivity contribution in [2.24, 2.45) is 16.5 Å². The first-order valence-electron chi connectivity index (χ1n) is 11.5. The maximum atomic E-state index is 13.4. The lowest BCUT2D eigenvalue weighted by molar-refractivity contribution is -0.192. The van der Waals surface area contributed by atoms with Crippen LogP contribution in [0.2, 0.25) is 0 Å². The molecule has 0 radical (unpaired) electrons. The highest BCUT2D eigenvalue weighted by Crippen LogP contribution is 2.18. The van der Waals surface area contributed by atoms with Gasteiger partial charge in [-0.1, -0.05) is 18.2 Å². The summed E-state index contributed by atoms with van der Waals surface area (Å²) in [5.41, 5.74) is 10.5. The molecule has 0 saturated heterocycles. The van der Waals surface area contributed by atoms with Gasteiger partial charge in [-0.3, -0.25) is 14.6 Å². The summed E-state index contributed by atoms with van der Waals surface area (Å²) in [6.45, 7) is 0.409. The van der Waals surface area contributed by atoms with Crippen LogP contribution < -0.4 is 22.3 Å². The number of guanidine groups is 1. The lowest BCUT2D eigenvalue weighted by atomic mass is 10.1. The van der Waals surface area contributed by atoms with Gasteiger partial charge in [0.25, 0.3) is 11.5 Å². The minimum Gasteiger partial charge on any atom is -0.480 e. The highest BCUT2D eigenvalue weighted by molar-refractivity contribution is 5.96. The molecule has 1 heterocycles. The van der Waals surface area contributed by atoms with E-state index in [1.165, 1.54) is 29.0 Å². The molecule has 3 rings (SSSR count). The third-order valence-corrected chi connectivity index (χ3v) is 5.28. The van der Waals surface area contributed by atoms with Gasteiger partial charge in [0.2, 0.25) is 0 Å². The van der Waals surface area contributed by atoms with Gasteiger partial charge in [0.1, 0.15) is 17.4 Å². The van der Waals surface area contributed by atoms with Crippen molar-refractivity contribution in [3.8, 4) is 0 Å². The number of carbonyl (C=O) groups is 3. The fourth-order valence-corrected chi connectivity index (χ4v) is 3.39. The number of aliphatic carboxylic acids is 2. The molecule has 1 amide bonds. The van der Waals surface area contributed by atoms with Gasteiger partial charge in [-0.05, 0) is 59.5 Å². The van der Waals surface area contributed by atoms with E-state index < -0.39 is 35.6 Å². The van der Waals surface area contributed by atoms with Gasteiger partial charge >= 0.3 is 18.1 Å². The van der Waals surface area contributed by atoms with Gasteiger partial charge in [-0.15, -0.1) is 0 Å². The number of benzene rings is 2. The molecule has 3 aromatic rings. The monoisotopic (exact) mass is 567 g/mol. The Morgan fingerprint density at radius 2 is 1.65 bits per heavy atom. The minimum atomic E-state index is -5.08. The van der Waals surface area contributed by atoms with Crippen LogP contribution in [0.1, 0.15) is 28.8 Å². The average Bonchev–Trinajstić information content (AvgIpc) is 2.86. The number of halogens is 4. The van der Waals surface area contributed by atoms with Gasteiger partial charge in [0, 0.05) is 12.7 Å². The highest BCUT2D eigenvalue weighted by atomic mass is 19.4. The number of carboxylic acids is 2. The first-order valence-corrected chi connectivity index (χ1v) is 11.5. The molecule has 11 nitrogen and oxygen atoms in total. The summed E-state index contributed by atoms with van der Waals surface area (Å²) in [5.74, 6) is -5.20. The molecule has 15 heteroatoms. The number of pyridine rings is 1. The van der Waals surface area contributed by atoms with Gasteiger partial charge in [0.05, 0.1) is 6.54 Å². The average molecular weight is 567 g/mol. The number of aromatic nitrogens is 1. The molecule has 0 bridgehead atoms. The SMILES string of the molecule is NC(N)=NCCC[C@H](NC(=O)c1cccn(Cc2ccc3cc(F)ccc3c2)c1=O)C(=O)O.O=C(O)C(F)(F)F. The molecule has 0 aliphatic carbocycles. The third kappa shape index (κ3) is 9.41. The zero-order valence-electron chi connectivity index (χ0n) is 20.7. The number of nitrogens with two attached hydrogens (primary N) is 2. The molecule has 0 saturated carbocycles. The van der Waals surface area contributed by atoms with E-state index in [9.17, 15) is 37.1 Å². The third-order valence-electron chi connectivity index (χ3n) is 5.28. The van der Waals surface area contributed by atoms with Crippen LogP contribution in [0.4, 0.5) is 17.6 Å². The smallest absolute Gasteiger partial charge is 0.480 e. The van der Waals surface area contributed by atoms with Crippen LogP contribution in [0.5, 0.6) is 0 Å². The van der Waals surface area contributed by atoms with E-state index in [2.05, 4.69) is 10.3 Å². The molecule has 7 N–H and O–H groups in total. The number of nitrogens with one attached hydrogen (secondary N) is 1. The normalized spacial score (nSPS) is 11.6. The van der Waals surface area contributed by atoms with Crippen molar-refractivity contribution < 1.29 is 42.2 Å². The maximum absolute atomic E-state index is 13.4. The van der Waals surface area contributed by atoms with Crippen molar-refractivity contribution in [2.45, 2.75) is 31.6 Å². The fourth-order valence-electron chi connectivity index (χ4n) is 3.39. The van der Waals surface area contributed by atoms with Crippen molar-refractivity contribution in [1.82, 2.24) is 9.88 Å². The van der Waals surface area contributed by atoms with Crippen molar-refractivity contribution in [3.05, 3.63) is 82.0 Å². The van der Waals surface area contributed by atoms with Crippen molar-refractivity contribution in [2.75, 3.05) is 6.54 Å². The zero-order chi connectivity index (χ0) is 30.0. The van der Waals surface area contributed by atoms with Crippen LogP contribution in [-0.2, 0) is 16.1 Å². The lowest BCUT2D eigenvalue weighted by Crippen LogP contribution is -2.43. The van der Waals surface area contributed by atoms with E-state index in [-0.39, 0.29) is 36.9 Å². The maximum Gasteiger partial charge on any atom is 0.490 e. The Hall–Kier alpha value is -4.95. The molecule has 40 heavy (non-hydrogen) atoms. The number of nitrogens with zero attached hydrogens (tertiary/aromatic N) is 2. The van der Waals surface area contributed by atoms with E-state index in [1.807, 2.05) is 6.07 Å². The summed E-state index contributed by atoms with van der Waals surface area (Å²) < 4.78 is 46.5. The predicted octanol–water partition coefficient (Wildman–Crippen LogP) is 2.06. The van der Waals surface area contributed by atoms with Gasteiger partial charge in [-0.25, -0.2) is 14.0 Å². The summed E-state index contributed by atoms with van der Waals surface area (Å²) in [7, 11) is 0. The molecule has 214 valence electrons. The number of carboxylic acid groups (broad SMARTS) is 2. The minimum absolute atomic E-state index is 0.0938. The quantitative estimate of drug-likeness (QED) is 0.112. The Morgan fingerprint density at radius 1 is 1.02 bits per heavy atom. The molecule has 0 unspecified atom stereocenters. The number of amides is 1. The second-order valence-electron chi connectivity index (χ2n) is 8.30. The van der Waals surface area contributed by atoms with Crippen LogP contribution in [-0.4, -0.2) is 57.3 Å². The Balaban J connectivity index is 0.000000708. The van der Waals surface area contributed by atoms with Crippen molar-refractivity contribution in [1.29, 1.82) is 0 Å². The second kappa shape index (κ2) is 13.7. The first-order chi connectivity index (χ1) is 18.7. The molecule has 0 aliphatic heterocycles. The molecule has 0 aliphatic rings. The van der Waals surface area contributed by atoms with Crippen LogP contribution in [0.3, 0.4) is 0 Å². The number of fused-ring (bicyclic) bond motifs is 1. The van der Waals surface area contributed by atoms with Crippen LogP contribution >= 0.6 is 0 Å². The van der Waals surface area contributed by atoms with Crippen LogP contribution in [0.15, 0.2) is 64.5 Å². The summed E-state index contributed by atoms with van der Waals surface area (Å²) in [6.07, 6.45) is -3.12. The zero-order valence-corrected chi connectivity index (χ0v) is 20.7. The number of rotatable bonds is 9. The molecule has 0 fully saturated rings. The van der Waals surface area contributed by atoms with Gasteiger partial charge in [0.15, 0.2) is 5.96 Å². The van der Waals surface area contributed by atoms with Crippen molar-refractivity contribution >= 4 is 34.6 Å². The summed E-state index contributed by atoms with van der Waals surface area (Å²) in [5, 5.41) is 20.5. The second-order valence-corrected chi connectivity index (χ2v) is 8.30. The van der Waals surface area contributed by atoms with E-state index in [0.29, 0.717) is 6.42 Å². The fraction of sp³-hybridized carbons (Fsp3) is 0.240. The number of alkyl halides is 3. The van der Waals surface area contributed by atoms with E-state index in [1.54, 1.807) is 24.3 Å². The molecule has 2 aromatic carbocycles. The van der Waals surface area contributed by atoms with E-state index in [4.69, 9.17) is 21.4 Å². The lowest BCUT2D eigenvalue weighted by Gasteiger charge is -2.14. The largest absolute Gasteiger partial charge is 0.490 e. The highest BCUT2D eigenvalue weighted by Gasteiger charge is 2.38. The Bertz CT molecular complexity index is 1470. The Morgan fingerprint density at radius 3 is 2.25 bits per heavy atom. The summed E-state index contributed by atoms with van der Waals surface area (Å²) in [4.78, 5) is 49.7. The standard InChI is InChI=1S/C23H24FN5O4.C2HF3O2/c24-17-8-7-15-11-14(5-6-16(15)12-17)13-29-10-2-3-18(21(29)31)20(30)28-19(22(32)33)4-1-9-27-23(25)26;3-2(4,5)1(6)7/h2-3,5-8,10-12,19H,1,4,9,13H2,(H,28,30)(H,32,33)(H4,25,26,27);(H,6,7)/t19-;/m0./s1. The topological polar surface area (TPSA) is 190 Å². The molecule has 1 atom stereocenters. The predicted molar refractivity (Wildman–Crippen MR) is 136 cm³/mol.